The van der Waals surface area contributed by atoms with Crippen molar-refractivity contribution in [2.75, 3.05) is 43.9 Å². The van der Waals surface area contributed by atoms with Crippen LogP contribution in [0, 0.1) is 0 Å². The molecule has 36 heavy (non-hydrogen) atoms. The molecule has 4 heterocycles. The molecule has 0 spiro atoms. The maximum Gasteiger partial charge on any atom is 0.407 e. The summed E-state index contributed by atoms with van der Waals surface area (Å²) in [6, 6.07) is 5.89. The van der Waals surface area contributed by atoms with Gasteiger partial charge < -0.3 is 29.7 Å². The fourth-order valence-corrected chi connectivity index (χ4v) is 5.23. The summed E-state index contributed by atoms with van der Waals surface area (Å²) in [5.41, 5.74) is 2.34. The van der Waals surface area contributed by atoms with Crippen LogP contribution in [-0.2, 0) is 0 Å². The molecule has 1 atom stereocenters. The molecule has 0 bridgehead atoms. The van der Waals surface area contributed by atoms with Crippen molar-refractivity contribution in [3.63, 3.8) is 0 Å². The lowest BCUT2D eigenvalue weighted by Crippen LogP contribution is -2.53. The Morgan fingerprint density at radius 3 is 2.53 bits per heavy atom. The molecular weight excluding hydrogens is 460 g/mol. The number of carboxylic acid groups (broad SMARTS) is 1. The largest absolute Gasteiger partial charge is 0.465 e. The first-order valence-electron chi connectivity index (χ1n) is 12.4. The van der Waals surface area contributed by atoms with Gasteiger partial charge in [0.25, 0.3) is 5.91 Å². The highest BCUT2D eigenvalue weighted by atomic mass is 16.4. The molecule has 0 unspecified atom stereocenters. The number of carbonyl (C=O) groups excluding carboxylic acids is 1. The molecule has 2 aliphatic rings. The minimum Gasteiger partial charge on any atom is -0.465 e. The number of anilines is 3. The zero-order valence-corrected chi connectivity index (χ0v) is 20.9. The van der Waals surface area contributed by atoms with E-state index in [0.29, 0.717) is 37.1 Å². The maximum atomic E-state index is 12.9. The van der Waals surface area contributed by atoms with Gasteiger partial charge in [-0.25, -0.2) is 14.8 Å². The van der Waals surface area contributed by atoms with Crippen molar-refractivity contribution in [1.82, 2.24) is 29.3 Å². The number of amides is 2. The van der Waals surface area contributed by atoms with Gasteiger partial charge in [-0.3, -0.25) is 4.79 Å². The Morgan fingerprint density at radius 2 is 1.89 bits per heavy atom. The van der Waals surface area contributed by atoms with E-state index >= 15 is 0 Å². The number of carbonyl (C=O) groups is 2. The molecule has 5 rings (SSSR count). The second-order valence-electron chi connectivity index (χ2n) is 9.81. The number of nitrogens with one attached hydrogen (secondary N) is 1. The average Bonchev–Trinajstić information content (AvgIpc) is 3.51. The monoisotopic (exact) mass is 492 g/mol. The van der Waals surface area contributed by atoms with Crippen LogP contribution in [0.1, 0.15) is 49.1 Å². The van der Waals surface area contributed by atoms with Crippen LogP contribution in [0.3, 0.4) is 0 Å². The molecule has 1 saturated heterocycles. The summed E-state index contributed by atoms with van der Waals surface area (Å²) in [5.74, 6) is 0.997. The van der Waals surface area contributed by atoms with E-state index in [1.165, 1.54) is 4.90 Å². The number of fused-ring (bicyclic) bond motifs is 1. The Kier molecular flexibility index (Phi) is 6.38. The van der Waals surface area contributed by atoms with Gasteiger partial charge in [0.1, 0.15) is 17.2 Å². The Morgan fingerprint density at radius 1 is 1.11 bits per heavy atom. The summed E-state index contributed by atoms with van der Waals surface area (Å²) in [5, 5.41) is 13.3. The number of rotatable bonds is 5. The summed E-state index contributed by atoms with van der Waals surface area (Å²) in [6.07, 6.45) is 7.01. The standard InChI is InChI=1S/C25H32N8O3/c1-16-15-31(10-11-32(16)25(35)36)19-8-9-21(26-14-19)28-24-27-13-17-12-20(23(34)30(2)3)33(22(17)29-24)18-6-4-5-7-18/h8-9,12-14,16,18H,4-7,10-11,15H2,1-3H3,(H,35,36)(H,26,27,28,29)/t16-/m1/s1. The molecule has 2 amide bonds. The van der Waals surface area contributed by atoms with Crippen molar-refractivity contribution in [3.05, 3.63) is 36.3 Å². The van der Waals surface area contributed by atoms with Crippen LogP contribution >= 0.6 is 0 Å². The maximum absolute atomic E-state index is 12.9. The third-order valence-corrected chi connectivity index (χ3v) is 7.12. The number of hydrogen-bond acceptors (Lipinski definition) is 7. The first-order chi connectivity index (χ1) is 17.3. The zero-order chi connectivity index (χ0) is 25.4. The Bertz CT molecular complexity index is 1270. The summed E-state index contributed by atoms with van der Waals surface area (Å²) >= 11 is 0. The average molecular weight is 493 g/mol. The molecular formula is C25H32N8O3. The molecule has 3 aromatic rings. The highest BCUT2D eigenvalue weighted by Crippen LogP contribution is 2.35. The van der Waals surface area contributed by atoms with Gasteiger partial charge in [0.15, 0.2) is 0 Å². The number of hydrogen-bond donors (Lipinski definition) is 2. The SMILES string of the molecule is C[C@@H]1CN(c2ccc(Nc3ncc4cc(C(=O)N(C)C)n(C5CCCC5)c4n3)nc2)CCN1C(=O)O. The van der Waals surface area contributed by atoms with Crippen molar-refractivity contribution < 1.29 is 14.7 Å². The van der Waals surface area contributed by atoms with E-state index in [1.807, 2.05) is 25.1 Å². The quantitative estimate of drug-likeness (QED) is 0.555. The Balaban J connectivity index is 1.36. The lowest BCUT2D eigenvalue weighted by atomic mass is 10.2. The van der Waals surface area contributed by atoms with Crippen molar-refractivity contribution in [3.8, 4) is 0 Å². The van der Waals surface area contributed by atoms with Crippen LogP contribution < -0.4 is 10.2 Å². The topological polar surface area (TPSA) is 120 Å². The second-order valence-corrected chi connectivity index (χ2v) is 9.81. The van der Waals surface area contributed by atoms with E-state index in [9.17, 15) is 14.7 Å². The van der Waals surface area contributed by atoms with Crippen LogP contribution in [0.5, 0.6) is 0 Å². The molecule has 1 saturated carbocycles. The van der Waals surface area contributed by atoms with E-state index in [1.54, 1.807) is 31.4 Å². The third kappa shape index (κ3) is 4.52. The first-order valence-corrected chi connectivity index (χ1v) is 12.4. The van der Waals surface area contributed by atoms with Gasteiger partial charge in [-0.15, -0.1) is 0 Å². The van der Waals surface area contributed by atoms with Crippen molar-refractivity contribution in [2.45, 2.75) is 44.7 Å². The summed E-state index contributed by atoms with van der Waals surface area (Å²) < 4.78 is 2.09. The van der Waals surface area contributed by atoms with E-state index in [4.69, 9.17) is 4.98 Å². The van der Waals surface area contributed by atoms with E-state index in [0.717, 1.165) is 42.4 Å². The Labute approximate surface area is 209 Å². The van der Waals surface area contributed by atoms with Crippen molar-refractivity contribution in [1.29, 1.82) is 0 Å². The molecule has 1 aliphatic heterocycles. The van der Waals surface area contributed by atoms with Gasteiger partial charge in [-0.2, -0.15) is 4.98 Å². The van der Waals surface area contributed by atoms with Gasteiger partial charge in [0.05, 0.1) is 11.9 Å². The van der Waals surface area contributed by atoms with Crippen LogP contribution in [0.4, 0.5) is 22.2 Å². The molecule has 11 nitrogen and oxygen atoms in total. The predicted molar refractivity (Wildman–Crippen MR) is 137 cm³/mol. The van der Waals surface area contributed by atoms with Crippen LogP contribution in [0.2, 0.25) is 0 Å². The van der Waals surface area contributed by atoms with Crippen LogP contribution in [0.25, 0.3) is 11.0 Å². The van der Waals surface area contributed by atoms with E-state index < -0.39 is 6.09 Å². The molecule has 2 fully saturated rings. The number of piperazine rings is 1. The number of nitrogens with zero attached hydrogens (tertiary/aromatic N) is 7. The van der Waals surface area contributed by atoms with Gasteiger partial charge in [-0.1, -0.05) is 12.8 Å². The highest BCUT2D eigenvalue weighted by Gasteiger charge is 2.28. The first kappa shape index (κ1) is 23.8. The normalized spacial score (nSPS) is 18.6. The lowest BCUT2D eigenvalue weighted by molar-refractivity contribution is 0.0815. The van der Waals surface area contributed by atoms with Gasteiger partial charge >= 0.3 is 6.09 Å². The van der Waals surface area contributed by atoms with Crippen molar-refractivity contribution >= 4 is 40.5 Å². The Hall–Kier alpha value is -3.89. The van der Waals surface area contributed by atoms with Crippen molar-refractivity contribution in [2.24, 2.45) is 0 Å². The number of pyridine rings is 1. The van der Waals surface area contributed by atoms with Crippen LogP contribution in [-0.4, -0.2) is 86.2 Å². The highest BCUT2D eigenvalue weighted by molar-refractivity contribution is 5.97. The molecule has 1 aliphatic carbocycles. The summed E-state index contributed by atoms with van der Waals surface area (Å²) in [4.78, 5) is 43.2. The van der Waals surface area contributed by atoms with E-state index in [2.05, 4.69) is 24.8 Å². The number of aromatic nitrogens is 4. The zero-order valence-electron chi connectivity index (χ0n) is 20.9. The van der Waals surface area contributed by atoms with E-state index in [-0.39, 0.29) is 18.0 Å². The minimum atomic E-state index is -0.880. The van der Waals surface area contributed by atoms with Gasteiger partial charge in [0, 0.05) is 57.4 Å². The lowest BCUT2D eigenvalue weighted by Gasteiger charge is -2.39. The fraction of sp³-hybridized carbons (Fsp3) is 0.480. The molecule has 2 N–H and O–H groups in total. The summed E-state index contributed by atoms with van der Waals surface area (Å²) in [7, 11) is 3.53. The second kappa shape index (κ2) is 9.63. The molecule has 3 aromatic heterocycles. The smallest absolute Gasteiger partial charge is 0.407 e. The fourth-order valence-electron chi connectivity index (χ4n) is 5.23. The van der Waals surface area contributed by atoms with Crippen LogP contribution in [0.15, 0.2) is 30.6 Å². The molecule has 190 valence electrons. The minimum absolute atomic E-state index is 0.0369. The molecule has 0 aromatic carbocycles. The van der Waals surface area contributed by atoms with Gasteiger partial charge in [0.2, 0.25) is 5.95 Å². The third-order valence-electron chi connectivity index (χ3n) is 7.12. The molecule has 0 radical (unpaired) electrons. The summed E-state index contributed by atoms with van der Waals surface area (Å²) in [6.45, 7) is 3.61. The molecule has 11 heteroatoms. The predicted octanol–water partition coefficient (Wildman–Crippen LogP) is 3.58. The van der Waals surface area contributed by atoms with Gasteiger partial charge in [-0.05, 0) is 38.0 Å².